The molecule has 0 aromatic heterocycles. The maximum absolute atomic E-state index is 6.71. The fourth-order valence-corrected chi connectivity index (χ4v) is 9.54. The molecule has 1 aromatic carbocycles. The van der Waals surface area contributed by atoms with E-state index in [-0.39, 0.29) is 0 Å². The smallest absolute Gasteiger partial charge is 0.193 e. The van der Waals surface area contributed by atoms with Crippen molar-refractivity contribution in [3.05, 3.63) is 35.9 Å². The molecule has 0 saturated heterocycles. The molecule has 0 unspecified atom stereocenters. The number of hydrogen-bond acceptors (Lipinski definition) is 1. The maximum atomic E-state index is 6.71. The van der Waals surface area contributed by atoms with Crippen LogP contribution in [0, 0.1) is 17.8 Å². The van der Waals surface area contributed by atoms with Crippen molar-refractivity contribution < 1.29 is 4.43 Å². The molecule has 1 aromatic rings. The number of benzene rings is 1. The molecule has 0 bridgehead atoms. The molecule has 0 spiro atoms. The Bertz CT molecular complexity index is 371. The van der Waals surface area contributed by atoms with Gasteiger partial charge < -0.3 is 4.43 Å². The summed E-state index contributed by atoms with van der Waals surface area (Å²) < 4.78 is 6.71. The summed E-state index contributed by atoms with van der Waals surface area (Å²) in [6.45, 7) is 15.0. The second kappa shape index (κ2) is 9.52. The summed E-state index contributed by atoms with van der Waals surface area (Å²) in [6, 6.07) is 14.7. The molecule has 1 nitrogen and oxygen atoms in total. The summed E-state index contributed by atoms with van der Waals surface area (Å²) in [7, 11) is -1.64. The third kappa shape index (κ3) is 7.60. The second-order valence-electron chi connectivity index (χ2n) is 8.06. The summed E-state index contributed by atoms with van der Waals surface area (Å²) in [5.74, 6) is 2.21. The van der Waals surface area contributed by atoms with E-state index in [1.54, 1.807) is 0 Å². The molecule has 126 valence electrons. The third-order valence-corrected chi connectivity index (χ3v) is 9.48. The molecule has 22 heavy (non-hydrogen) atoms. The predicted molar refractivity (Wildman–Crippen MR) is 101 cm³/mol. The van der Waals surface area contributed by atoms with E-state index in [9.17, 15) is 0 Å². The summed E-state index contributed by atoms with van der Waals surface area (Å²) in [5.41, 5.74) is 1.39. The van der Waals surface area contributed by atoms with Crippen LogP contribution < -0.4 is 0 Å². The molecule has 0 aliphatic carbocycles. The average Bonchev–Trinajstić information content (AvgIpc) is 2.37. The fourth-order valence-electron chi connectivity index (χ4n) is 3.69. The van der Waals surface area contributed by atoms with Crippen molar-refractivity contribution in [1.29, 1.82) is 0 Å². The van der Waals surface area contributed by atoms with Gasteiger partial charge in [0, 0.05) is 6.61 Å². The molecule has 0 radical (unpaired) electrons. The second-order valence-corrected chi connectivity index (χ2v) is 11.9. The number of rotatable bonds is 10. The molecule has 0 aliphatic rings. The highest BCUT2D eigenvalue weighted by atomic mass is 28.4. The summed E-state index contributed by atoms with van der Waals surface area (Å²) in [5, 5.41) is 0. The van der Waals surface area contributed by atoms with Crippen molar-refractivity contribution in [2.75, 3.05) is 6.61 Å². The van der Waals surface area contributed by atoms with E-state index in [0.717, 1.165) is 30.8 Å². The zero-order valence-corrected chi connectivity index (χ0v) is 16.6. The van der Waals surface area contributed by atoms with Gasteiger partial charge in [-0.3, -0.25) is 0 Å². The van der Waals surface area contributed by atoms with Crippen LogP contribution in [0.3, 0.4) is 0 Å². The Morgan fingerprint density at radius 2 is 1.23 bits per heavy atom. The fraction of sp³-hybridized carbons (Fsp3) is 0.700. The topological polar surface area (TPSA) is 9.23 Å². The van der Waals surface area contributed by atoms with E-state index in [0.29, 0.717) is 0 Å². The van der Waals surface area contributed by atoms with Gasteiger partial charge in [0.05, 0.1) is 0 Å². The Hall–Kier alpha value is -0.603. The molecule has 0 fully saturated rings. The summed E-state index contributed by atoms with van der Waals surface area (Å²) in [4.78, 5) is 0. The molecule has 0 saturated carbocycles. The first-order valence-corrected chi connectivity index (χ1v) is 11.5. The van der Waals surface area contributed by atoms with Crippen LogP contribution >= 0.6 is 0 Å². The van der Waals surface area contributed by atoms with Crippen molar-refractivity contribution in [3.63, 3.8) is 0 Å². The Morgan fingerprint density at radius 1 is 0.773 bits per heavy atom. The lowest BCUT2D eigenvalue weighted by molar-refractivity contribution is 0.288. The third-order valence-electron chi connectivity index (χ3n) is 3.98. The van der Waals surface area contributed by atoms with Crippen LogP contribution in [0.15, 0.2) is 30.3 Å². The van der Waals surface area contributed by atoms with Crippen LogP contribution in [0.4, 0.5) is 0 Å². The zero-order valence-electron chi connectivity index (χ0n) is 15.6. The molecule has 0 heterocycles. The van der Waals surface area contributed by atoms with Gasteiger partial charge in [0.2, 0.25) is 0 Å². The van der Waals surface area contributed by atoms with Gasteiger partial charge in [0.25, 0.3) is 0 Å². The lowest BCUT2D eigenvalue weighted by atomic mass is 10.2. The minimum Gasteiger partial charge on any atom is -0.416 e. The lowest BCUT2D eigenvalue weighted by Gasteiger charge is -2.36. The molecule has 1 rings (SSSR count). The van der Waals surface area contributed by atoms with E-state index >= 15 is 0 Å². The normalized spacial score (nSPS) is 12.6. The van der Waals surface area contributed by atoms with E-state index in [1.165, 1.54) is 23.7 Å². The monoisotopic (exact) mass is 320 g/mol. The first-order valence-electron chi connectivity index (χ1n) is 9.01. The molecule has 0 aliphatic heterocycles. The zero-order chi connectivity index (χ0) is 16.6. The van der Waals surface area contributed by atoms with Crippen LogP contribution in [0.5, 0.6) is 0 Å². The number of hydrogen-bond donors (Lipinski definition) is 0. The van der Waals surface area contributed by atoms with Gasteiger partial charge in [0.15, 0.2) is 8.32 Å². The Labute approximate surface area is 139 Å². The Kier molecular flexibility index (Phi) is 8.41. The van der Waals surface area contributed by atoms with E-state index in [4.69, 9.17) is 4.43 Å². The largest absolute Gasteiger partial charge is 0.416 e. The van der Waals surface area contributed by atoms with Gasteiger partial charge in [-0.15, -0.1) is 0 Å². The molecular weight excluding hydrogens is 284 g/mol. The summed E-state index contributed by atoms with van der Waals surface area (Å²) in [6.07, 6.45) is 1.05. The van der Waals surface area contributed by atoms with Gasteiger partial charge in [-0.2, -0.15) is 0 Å². The van der Waals surface area contributed by atoms with Gasteiger partial charge in [-0.1, -0.05) is 71.9 Å². The van der Waals surface area contributed by atoms with Crippen molar-refractivity contribution in [2.24, 2.45) is 17.8 Å². The van der Waals surface area contributed by atoms with E-state index in [1.807, 2.05) is 0 Å². The lowest BCUT2D eigenvalue weighted by Crippen LogP contribution is -2.42. The predicted octanol–water partition coefficient (Wildman–Crippen LogP) is 6.16. The molecule has 0 amide bonds. The van der Waals surface area contributed by atoms with Crippen LogP contribution in [0.25, 0.3) is 0 Å². The maximum Gasteiger partial charge on any atom is 0.193 e. The van der Waals surface area contributed by atoms with Gasteiger partial charge in [0.1, 0.15) is 0 Å². The highest BCUT2D eigenvalue weighted by Crippen LogP contribution is 2.33. The Balaban J connectivity index is 2.73. The van der Waals surface area contributed by atoms with Crippen LogP contribution in [0.2, 0.25) is 18.1 Å². The molecule has 2 heteroatoms. The Morgan fingerprint density at radius 3 is 1.64 bits per heavy atom. The van der Waals surface area contributed by atoms with E-state index in [2.05, 4.69) is 71.9 Å². The molecule has 0 N–H and O–H groups in total. The van der Waals surface area contributed by atoms with Gasteiger partial charge in [-0.25, -0.2) is 0 Å². The van der Waals surface area contributed by atoms with Crippen molar-refractivity contribution in [3.8, 4) is 0 Å². The van der Waals surface area contributed by atoms with Gasteiger partial charge in [-0.05, 0) is 47.9 Å². The minimum atomic E-state index is -1.64. The highest BCUT2D eigenvalue weighted by molar-refractivity contribution is 6.74. The highest BCUT2D eigenvalue weighted by Gasteiger charge is 2.37. The van der Waals surface area contributed by atoms with Crippen LogP contribution in [0.1, 0.15) is 47.1 Å². The average molecular weight is 321 g/mol. The molecular formula is C20H36OSi. The first kappa shape index (κ1) is 19.4. The SMILES string of the molecule is CC(C)C[Si](CC(C)C)(CC(C)C)OCCc1ccccc1. The van der Waals surface area contributed by atoms with Crippen LogP contribution in [-0.2, 0) is 10.8 Å². The summed E-state index contributed by atoms with van der Waals surface area (Å²) >= 11 is 0. The minimum absolute atomic E-state index is 0.737. The standard InChI is InChI=1S/C20H36OSi/c1-17(2)14-22(15-18(3)4,16-19(5)6)21-13-12-20-10-8-7-9-11-20/h7-11,17-19H,12-16H2,1-6H3. The van der Waals surface area contributed by atoms with E-state index < -0.39 is 8.32 Å². The van der Waals surface area contributed by atoms with Crippen molar-refractivity contribution in [1.82, 2.24) is 0 Å². The van der Waals surface area contributed by atoms with Gasteiger partial charge >= 0.3 is 0 Å². The van der Waals surface area contributed by atoms with Crippen molar-refractivity contribution in [2.45, 2.75) is 66.1 Å². The van der Waals surface area contributed by atoms with Crippen LogP contribution in [-0.4, -0.2) is 14.9 Å². The first-order chi connectivity index (χ1) is 10.3. The quantitative estimate of drug-likeness (QED) is 0.469. The van der Waals surface area contributed by atoms with Crippen molar-refractivity contribution >= 4 is 8.32 Å². The molecule has 0 atom stereocenters.